The molecule has 0 saturated carbocycles. The third-order valence-electron chi connectivity index (χ3n) is 2.70. The normalized spacial score (nSPS) is 12.2. The van der Waals surface area contributed by atoms with E-state index in [1.54, 1.807) is 24.3 Å². The number of amides is 2. The highest BCUT2D eigenvalue weighted by molar-refractivity contribution is 5.82. The summed E-state index contributed by atoms with van der Waals surface area (Å²) >= 11 is 0. The number of benzene rings is 1. The minimum atomic E-state index is -1.46. The second-order valence-corrected chi connectivity index (χ2v) is 4.14. The second-order valence-electron chi connectivity index (χ2n) is 4.14. The van der Waals surface area contributed by atoms with Crippen LogP contribution >= 0.6 is 0 Å². The molecule has 0 aliphatic carbocycles. The van der Waals surface area contributed by atoms with Crippen LogP contribution in [0, 0.1) is 0 Å². The molecule has 0 aliphatic heterocycles. The van der Waals surface area contributed by atoms with Crippen molar-refractivity contribution in [3.05, 3.63) is 34.8 Å². The summed E-state index contributed by atoms with van der Waals surface area (Å²) in [6.45, 7) is -0.583. The first-order valence-electron chi connectivity index (χ1n) is 5.81. The molecule has 2 amide bonds. The molecule has 1 aromatic heterocycles. The van der Waals surface area contributed by atoms with Gasteiger partial charge in [0.05, 0.1) is 12.1 Å². The summed E-state index contributed by atoms with van der Waals surface area (Å²) in [6.07, 6.45) is -1.46. The molecule has 0 aliphatic rings. The molecule has 1 unspecified atom stereocenters. The Kier molecular flexibility index (Phi) is 3.85. The van der Waals surface area contributed by atoms with Crippen LogP contribution in [0.5, 0.6) is 0 Å². The van der Waals surface area contributed by atoms with Crippen molar-refractivity contribution in [2.45, 2.75) is 12.6 Å². The fourth-order valence-corrected chi connectivity index (χ4v) is 1.67. The molecule has 0 radical (unpaired) electrons. The average Bonchev–Trinajstić information content (AvgIpc) is 2.72. The summed E-state index contributed by atoms with van der Waals surface area (Å²) in [5.41, 5.74) is 5.71. The number of hydrogen-bond acceptors (Lipinski definition) is 5. The molecule has 0 spiro atoms. The van der Waals surface area contributed by atoms with Gasteiger partial charge in [0.25, 0.3) is 0 Å². The number of carbonyl (C=O) groups excluding carboxylic acids is 2. The highest BCUT2D eigenvalue weighted by Crippen LogP contribution is 2.11. The number of rotatable bonds is 5. The van der Waals surface area contributed by atoms with Crippen molar-refractivity contribution in [3.63, 3.8) is 0 Å². The van der Waals surface area contributed by atoms with Crippen LogP contribution in [0.3, 0.4) is 0 Å². The van der Waals surface area contributed by atoms with E-state index in [-0.39, 0.29) is 13.1 Å². The molecule has 4 N–H and O–H groups in total. The summed E-state index contributed by atoms with van der Waals surface area (Å²) in [5, 5.41) is 11.5. The molecule has 0 bridgehead atoms. The van der Waals surface area contributed by atoms with Gasteiger partial charge in [0.2, 0.25) is 11.8 Å². The number of nitrogens with two attached hydrogens (primary N) is 1. The summed E-state index contributed by atoms with van der Waals surface area (Å²) in [5.74, 6) is -2.13. The highest BCUT2D eigenvalue weighted by Gasteiger charge is 2.15. The van der Waals surface area contributed by atoms with Gasteiger partial charge in [-0.3, -0.25) is 14.2 Å². The van der Waals surface area contributed by atoms with E-state index in [0.29, 0.717) is 11.1 Å². The Hall–Kier alpha value is -2.61. The zero-order chi connectivity index (χ0) is 14.7. The molecule has 106 valence electrons. The van der Waals surface area contributed by atoms with Gasteiger partial charge in [0.15, 0.2) is 5.58 Å². The van der Waals surface area contributed by atoms with Crippen molar-refractivity contribution < 1.29 is 19.1 Å². The third-order valence-corrected chi connectivity index (χ3v) is 2.70. The van der Waals surface area contributed by atoms with Gasteiger partial charge >= 0.3 is 5.76 Å². The highest BCUT2D eigenvalue weighted by atomic mass is 16.4. The van der Waals surface area contributed by atoms with Gasteiger partial charge in [-0.2, -0.15) is 0 Å². The standard InChI is InChI=1S/C12H13N3O5/c13-11(18)8(16)5-14-10(17)6-15-7-3-1-2-4-9(7)20-12(15)19/h1-4,8,16H,5-6H2,(H2,13,18)(H,14,17). The van der Waals surface area contributed by atoms with E-state index in [1.165, 1.54) is 0 Å². The first-order chi connectivity index (χ1) is 9.49. The van der Waals surface area contributed by atoms with Crippen LogP contribution in [-0.2, 0) is 16.1 Å². The van der Waals surface area contributed by atoms with E-state index in [1.807, 2.05) is 0 Å². The van der Waals surface area contributed by atoms with Gasteiger partial charge in [0.1, 0.15) is 12.6 Å². The van der Waals surface area contributed by atoms with Crippen LogP contribution in [-0.4, -0.2) is 34.1 Å². The Labute approximate surface area is 112 Å². The first kappa shape index (κ1) is 13.8. The SMILES string of the molecule is NC(=O)C(O)CNC(=O)Cn1c(=O)oc2ccccc21. The van der Waals surface area contributed by atoms with E-state index in [9.17, 15) is 14.4 Å². The Morgan fingerprint density at radius 2 is 2.10 bits per heavy atom. The Morgan fingerprint density at radius 3 is 2.80 bits per heavy atom. The van der Waals surface area contributed by atoms with E-state index in [4.69, 9.17) is 15.3 Å². The number of aliphatic hydroxyl groups is 1. The smallest absolute Gasteiger partial charge is 0.408 e. The van der Waals surface area contributed by atoms with Crippen LogP contribution in [0.15, 0.2) is 33.5 Å². The Morgan fingerprint density at radius 1 is 1.40 bits per heavy atom. The molecule has 1 atom stereocenters. The molecule has 1 aromatic carbocycles. The molecular formula is C12H13N3O5. The number of fused-ring (bicyclic) bond motifs is 1. The molecular weight excluding hydrogens is 266 g/mol. The number of para-hydroxylation sites is 2. The number of nitrogens with zero attached hydrogens (tertiary/aromatic N) is 1. The van der Waals surface area contributed by atoms with Crippen molar-refractivity contribution in [3.8, 4) is 0 Å². The van der Waals surface area contributed by atoms with Gasteiger partial charge in [0, 0.05) is 0 Å². The van der Waals surface area contributed by atoms with E-state index >= 15 is 0 Å². The maximum absolute atomic E-state index is 11.7. The van der Waals surface area contributed by atoms with Crippen LogP contribution in [0.2, 0.25) is 0 Å². The largest absolute Gasteiger partial charge is 0.420 e. The van der Waals surface area contributed by atoms with Gasteiger partial charge in [-0.05, 0) is 12.1 Å². The fourth-order valence-electron chi connectivity index (χ4n) is 1.67. The van der Waals surface area contributed by atoms with E-state index < -0.39 is 23.7 Å². The van der Waals surface area contributed by atoms with Crippen LogP contribution < -0.4 is 16.8 Å². The number of aliphatic hydroxyl groups excluding tert-OH is 1. The first-order valence-corrected chi connectivity index (χ1v) is 5.81. The Balaban J connectivity index is 2.09. The summed E-state index contributed by atoms with van der Waals surface area (Å²) in [7, 11) is 0. The summed E-state index contributed by atoms with van der Waals surface area (Å²) in [4.78, 5) is 33.9. The number of carbonyl (C=O) groups is 2. The van der Waals surface area contributed by atoms with Crippen LogP contribution in [0.1, 0.15) is 0 Å². The predicted molar refractivity (Wildman–Crippen MR) is 68.7 cm³/mol. The monoisotopic (exact) mass is 279 g/mol. The second kappa shape index (κ2) is 5.57. The summed E-state index contributed by atoms with van der Waals surface area (Å²) < 4.78 is 6.12. The van der Waals surface area contributed by atoms with Crippen molar-refractivity contribution in [2.24, 2.45) is 5.73 Å². The van der Waals surface area contributed by atoms with Crippen LogP contribution in [0.25, 0.3) is 11.1 Å². The lowest BCUT2D eigenvalue weighted by Gasteiger charge is -2.08. The molecule has 8 nitrogen and oxygen atoms in total. The molecule has 1 heterocycles. The van der Waals surface area contributed by atoms with Crippen molar-refractivity contribution in [2.75, 3.05) is 6.54 Å². The number of hydrogen-bond donors (Lipinski definition) is 3. The molecule has 2 rings (SSSR count). The zero-order valence-electron chi connectivity index (χ0n) is 10.4. The molecule has 20 heavy (non-hydrogen) atoms. The maximum Gasteiger partial charge on any atom is 0.420 e. The number of primary amides is 1. The Bertz CT molecular complexity index is 702. The lowest BCUT2D eigenvalue weighted by molar-refractivity contribution is -0.127. The lowest BCUT2D eigenvalue weighted by atomic mass is 10.3. The minimum absolute atomic E-state index is 0.276. The van der Waals surface area contributed by atoms with Crippen LogP contribution in [0.4, 0.5) is 0 Å². The number of aromatic nitrogens is 1. The van der Waals surface area contributed by atoms with Crippen molar-refractivity contribution >= 4 is 22.9 Å². The third kappa shape index (κ3) is 2.86. The zero-order valence-corrected chi connectivity index (χ0v) is 10.4. The van der Waals surface area contributed by atoms with Crippen molar-refractivity contribution in [1.29, 1.82) is 0 Å². The van der Waals surface area contributed by atoms with Gasteiger partial charge in [-0.15, -0.1) is 0 Å². The number of nitrogens with one attached hydrogen (secondary N) is 1. The molecule has 0 fully saturated rings. The average molecular weight is 279 g/mol. The quantitative estimate of drug-likeness (QED) is 0.617. The van der Waals surface area contributed by atoms with Gasteiger partial charge in [-0.1, -0.05) is 12.1 Å². The van der Waals surface area contributed by atoms with Crippen molar-refractivity contribution in [1.82, 2.24) is 9.88 Å². The van der Waals surface area contributed by atoms with E-state index in [0.717, 1.165) is 4.57 Å². The minimum Gasteiger partial charge on any atom is -0.408 e. The summed E-state index contributed by atoms with van der Waals surface area (Å²) in [6, 6.07) is 6.68. The fraction of sp³-hybridized carbons (Fsp3) is 0.250. The maximum atomic E-state index is 11.7. The molecule has 2 aromatic rings. The topological polar surface area (TPSA) is 128 Å². The molecule has 0 saturated heterocycles. The van der Waals surface area contributed by atoms with Gasteiger partial charge in [-0.25, -0.2) is 4.79 Å². The predicted octanol–water partition coefficient (Wildman–Crippen LogP) is -1.44. The van der Waals surface area contributed by atoms with Gasteiger partial charge < -0.3 is 20.6 Å². The van der Waals surface area contributed by atoms with E-state index in [2.05, 4.69) is 5.32 Å². The molecule has 8 heteroatoms. The number of oxazole rings is 1. The lowest BCUT2D eigenvalue weighted by Crippen LogP contribution is -2.41.